The summed E-state index contributed by atoms with van der Waals surface area (Å²) >= 11 is 12.3. The number of halogens is 2. The van der Waals surface area contributed by atoms with Gasteiger partial charge in [0, 0.05) is 17.1 Å². The molecule has 0 radical (unpaired) electrons. The lowest BCUT2D eigenvalue weighted by Gasteiger charge is -2.34. The minimum absolute atomic E-state index is 0.0951. The first-order valence-corrected chi connectivity index (χ1v) is 13.8. The normalized spacial score (nSPS) is 12.7. The zero-order chi connectivity index (χ0) is 26.6. The van der Waals surface area contributed by atoms with E-state index in [9.17, 15) is 18.0 Å². The van der Waals surface area contributed by atoms with Gasteiger partial charge in [-0.15, -0.1) is 0 Å². The van der Waals surface area contributed by atoms with E-state index in [4.69, 9.17) is 23.2 Å². The Morgan fingerprint density at radius 1 is 1.09 bits per heavy atom. The first kappa shape index (κ1) is 28.9. The highest BCUT2D eigenvalue weighted by Gasteiger charge is 2.33. The van der Waals surface area contributed by atoms with E-state index in [0.717, 1.165) is 21.7 Å². The molecule has 0 aliphatic heterocycles. The van der Waals surface area contributed by atoms with Crippen LogP contribution in [0.3, 0.4) is 0 Å². The van der Waals surface area contributed by atoms with Gasteiger partial charge in [-0.3, -0.25) is 13.9 Å². The van der Waals surface area contributed by atoms with Gasteiger partial charge in [-0.05, 0) is 57.9 Å². The van der Waals surface area contributed by atoms with E-state index in [1.165, 1.54) is 23.1 Å². The number of carbonyl (C=O) groups excluding carboxylic acids is 2. The number of hydrogen-bond donors (Lipinski definition) is 1. The molecule has 0 aromatic heterocycles. The minimum Gasteiger partial charge on any atom is -0.350 e. The maximum absolute atomic E-state index is 13.7. The second-order valence-corrected chi connectivity index (χ2v) is 12.3. The maximum Gasteiger partial charge on any atom is 0.244 e. The SMILES string of the molecule is CC[C@H](C(=O)NC(C)(C)C)N(Cc1cccc(C)c1)C(=O)CN(c1cc(Cl)ccc1Cl)S(C)(=O)=O. The van der Waals surface area contributed by atoms with Crippen LogP contribution in [0.5, 0.6) is 0 Å². The van der Waals surface area contributed by atoms with E-state index in [0.29, 0.717) is 6.42 Å². The highest BCUT2D eigenvalue weighted by Crippen LogP contribution is 2.31. The number of sulfonamides is 1. The molecule has 0 unspecified atom stereocenters. The zero-order valence-corrected chi connectivity index (χ0v) is 23.3. The van der Waals surface area contributed by atoms with Crippen LogP contribution in [0.15, 0.2) is 42.5 Å². The topological polar surface area (TPSA) is 86.8 Å². The van der Waals surface area contributed by atoms with Gasteiger partial charge >= 0.3 is 0 Å². The Balaban J connectivity index is 2.51. The molecule has 0 aliphatic rings. The van der Waals surface area contributed by atoms with E-state index in [1.54, 1.807) is 0 Å². The Kier molecular flexibility index (Phi) is 9.62. The number of hydrogen-bond acceptors (Lipinski definition) is 4. The number of carbonyl (C=O) groups is 2. The Labute approximate surface area is 218 Å². The van der Waals surface area contributed by atoms with Gasteiger partial charge in [0.1, 0.15) is 12.6 Å². The van der Waals surface area contributed by atoms with Crippen LogP contribution in [-0.2, 0) is 26.2 Å². The monoisotopic (exact) mass is 541 g/mol. The summed E-state index contributed by atoms with van der Waals surface area (Å²) in [5.41, 5.74) is 1.42. The second-order valence-electron chi connectivity index (χ2n) is 9.54. The van der Waals surface area contributed by atoms with E-state index < -0.39 is 34.1 Å². The summed E-state index contributed by atoms with van der Waals surface area (Å²) < 4.78 is 26.3. The molecule has 0 saturated carbocycles. The molecule has 0 spiro atoms. The van der Waals surface area contributed by atoms with Gasteiger partial charge in [0.25, 0.3) is 0 Å². The molecule has 1 N–H and O–H groups in total. The molecule has 35 heavy (non-hydrogen) atoms. The number of anilines is 1. The number of benzene rings is 2. The first-order valence-electron chi connectivity index (χ1n) is 11.2. The molecule has 10 heteroatoms. The summed E-state index contributed by atoms with van der Waals surface area (Å²) in [4.78, 5) is 28.3. The van der Waals surface area contributed by atoms with Gasteiger partial charge in [-0.25, -0.2) is 8.42 Å². The van der Waals surface area contributed by atoms with E-state index >= 15 is 0 Å². The van der Waals surface area contributed by atoms with Crippen molar-refractivity contribution in [2.24, 2.45) is 0 Å². The molecule has 2 amide bonds. The Hall–Kier alpha value is -2.29. The lowest BCUT2D eigenvalue weighted by molar-refractivity contribution is -0.141. The fourth-order valence-electron chi connectivity index (χ4n) is 3.65. The van der Waals surface area contributed by atoms with Gasteiger partial charge in [-0.2, -0.15) is 0 Å². The van der Waals surface area contributed by atoms with Crippen LogP contribution >= 0.6 is 23.2 Å². The third-order valence-electron chi connectivity index (χ3n) is 5.18. The third-order valence-corrected chi connectivity index (χ3v) is 6.86. The lowest BCUT2D eigenvalue weighted by atomic mass is 10.0. The summed E-state index contributed by atoms with van der Waals surface area (Å²) in [6, 6.07) is 11.2. The van der Waals surface area contributed by atoms with Crippen molar-refractivity contribution in [3.63, 3.8) is 0 Å². The molecule has 0 bridgehead atoms. The van der Waals surface area contributed by atoms with Gasteiger partial charge in [-0.1, -0.05) is 60.0 Å². The number of aryl methyl sites for hydroxylation is 1. The quantitative estimate of drug-likeness (QED) is 0.494. The molecule has 2 aromatic carbocycles. The number of nitrogens with one attached hydrogen (secondary N) is 1. The van der Waals surface area contributed by atoms with E-state index in [-0.39, 0.29) is 28.2 Å². The maximum atomic E-state index is 13.7. The highest BCUT2D eigenvalue weighted by molar-refractivity contribution is 7.92. The summed E-state index contributed by atoms with van der Waals surface area (Å²) in [7, 11) is -3.90. The fraction of sp³-hybridized carbons (Fsp3) is 0.440. The molecule has 1 atom stereocenters. The summed E-state index contributed by atoms with van der Waals surface area (Å²) in [6.45, 7) is 8.92. The van der Waals surface area contributed by atoms with Crippen LogP contribution in [0.4, 0.5) is 5.69 Å². The van der Waals surface area contributed by atoms with Gasteiger partial charge in [0.05, 0.1) is 17.0 Å². The van der Waals surface area contributed by atoms with Crippen molar-refractivity contribution in [2.45, 2.75) is 59.2 Å². The molecule has 2 aromatic rings. The van der Waals surface area contributed by atoms with Crippen molar-refractivity contribution in [3.05, 3.63) is 63.6 Å². The Morgan fingerprint density at radius 2 is 1.74 bits per heavy atom. The first-order chi connectivity index (χ1) is 16.1. The third kappa shape index (κ3) is 8.40. The minimum atomic E-state index is -3.90. The number of rotatable bonds is 9. The van der Waals surface area contributed by atoms with Crippen molar-refractivity contribution >= 4 is 50.7 Å². The predicted octanol–water partition coefficient (Wildman–Crippen LogP) is 4.79. The molecule has 7 nitrogen and oxygen atoms in total. The Bertz CT molecular complexity index is 1180. The molecule has 0 saturated heterocycles. The largest absolute Gasteiger partial charge is 0.350 e. The highest BCUT2D eigenvalue weighted by atomic mass is 35.5. The molecule has 2 rings (SSSR count). The van der Waals surface area contributed by atoms with Gasteiger partial charge in [0.15, 0.2) is 0 Å². The smallest absolute Gasteiger partial charge is 0.244 e. The predicted molar refractivity (Wildman–Crippen MR) is 142 cm³/mol. The van der Waals surface area contributed by atoms with E-state index in [2.05, 4.69) is 5.32 Å². The standard InChI is InChI=1S/C25H33Cl2N3O4S/c1-7-21(24(32)28-25(3,4)5)29(15-18-10-8-9-17(2)13-18)23(31)16-30(35(6,33)34)22-14-19(26)11-12-20(22)27/h8-14,21H,7,15-16H2,1-6H3,(H,28,32)/t21-/m1/s1. The summed E-state index contributed by atoms with van der Waals surface area (Å²) in [6.07, 6.45) is 1.34. The van der Waals surface area contributed by atoms with Crippen LogP contribution in [0.1, 0.15) is 45.2 Å². The summed E-state index contributed by atoms with van der Waals surface area (Å²) in [5.74, 6) is -0.850. The van der Waals surface area contributed by atoms with Crippen molar-refractivity contribution in [1.82, 2.24) is 10.2 Å². The molecule has 192 valence electrons. The molecule has 0 aliphatic carbocycles. The Morgan fingerprint density at radius 3 is 2.29 bits per heavy atom. The van der Waals surface area contributed by atoms with Crippen molar-refractivity contribution < 1.29 is 18.0 Å². The van der Waals surface area contributed by atoms with Crippen LogP contribution in [-0.4, -0.2) is 49.5 Å². The average molecular weight is 543 g/mol. The second kappa shape index (κ2) is 11.6. The van der Waals surface area contributed by atoms with E-state index in [1.807, 2.05) is 58.9 Å². The van der Waals surface area contributed by atoms with Gasteiger partial charge < -0.3 is 10.2 Å². The van der Waals surface area contributed by atoms with Crippen molar-refractivity contribution in [1.29, 1.82) is 0 Å². The average Bonchev–Trinajstić information content (AvgIpc) is 2.71. The van der Waals surface area contributed by atoms with Crippen LogP contribution in [0.2, 0.25) is 10.0 Å². The van der Waals surface area contributed by atoms with Gasteiger partial charge in [0.2, 0.25) is 21.8 Å². The number of amides is 2. The fourth-order valence-corrected chi connectivity index (χ4v) is 4.94. The lowest BCUT2D eigenvalue weighted by Crippen LogP contribution is -2.55. The van der Waals surface area contributed by atoms with Crippen LogP contribution in [0.25, 0.3) is 0 Å². The summed E-state index contributed by atoms with van der Waals surface area (Å²) in [5, 5.41) is 3.34. The van der Waals surface area contributed by atoms with Crippen LogP contribution < -0.4 is 9.62 Å². The van der Waals surface area contributed by atoms with Crippen LogP contribution in [0, 0.1) is 6.92 Å². The van der Waals surface area contributed by atoms with Crippen molar-refractivity contribution in [3.8, 4) is 0 Å². The molecule has 0 fully saturated rings. The number of nitrogens with zero attached hydrogens (tertiary/aromatic N) is 2. The molecular formula is C25H33Cl2N3O4S. The van der Waals surface area contributed by atoms with Crippen molar-refractivity contribution in [2.75, 3.05) is 17.1 Å². The zero-order valence-electron chi connectivity index (χ0n) is 20.9. The molecular weight excluding hydrogens is 509 g/mol. The molecule has 0 heterocycles.